The molecule has 0 saturated heterocycles. The van der Waals surface area contributed by atoms with Crippen molar-refractivity contribution in [2.24, 2.45) is 10.7 Å². The third kappa shape index (κ3) is 8.70. The Bertz CT molecular complexity index is 794. The number of carbonyl (C=O) groups excluding carboxylic acids is 1. The Kier molecular flexibility index (Phi) is 12.6. The van der Waals surface area contributed by atoms with Gasteiger partial charge < -0.3 is 16.2 Å². The van der Waals surface area contributed by atoms with Crippen LogP contribution in [0.4, 0.5) is 10.5 Å². The molecule has 0 aromatic heterocycles. The summed E-state index contributed by atoms with van der Waals surface area (Å²) in [5.74, 6) is 0. The molecule has 0 radical (unpaired) electrons. The number of hydrogen-bond donors (Lipinski definition) is 3. The standard InChI is InChI=1S/C20H25ClN4O2.C2H6/c1-5-7-16(17(21)6-2)13(3)27-20(26)25-18(12-24-4)19(23)14-8-10-15(22)11-9-14;1-2/h5-13H,1,22-23H2,2-4H3,(H,25,26);1-2H3/b16-7-,17-6+,19-18+,24-12?;. The summed E-state index contributed by atoms with van der Waals surface area (Å²) in [5.41, 5.74) is 14.4. The molecule has 0 aliphatic carbocycles. The first-order valence-electron chi connectivity index (χ1n) is 9.24. The van der Waals surface area contributed by atoms with Gasteiger partial charge in [-0.1, -0.05) is 62.4 Å². The molecular weight excluding hydrogens is 388 g/mol. The highest BCUT2D eigenvalue weighted by Gasteiger charge is 2.17. The average Bonchev–Trinajstić information content (AvgIpc) is 2.72. The van der Waals surface area contributed by atoms with E-state index < -0.39 is 12.2 Å². The first kappa shape index (κ1) is 26.0. The number of anilines is 1. The van der Waals surface area contributed by atoms with Crippen LogP contribution in [0.5, 0.6) is 0 Å². The number of nitrogens with one attached hydrogen (secondary N) is 1. The molecule has 0 bridgehead atoms. The van der Waals surface area contributed by atoms with E-state index in [2.05, 4.69) is 16.9 Å². The molecule has 0 fully saturated rings. The van der Waals surface area contributed by atoms with Crippen molar-refractivity contribution in [3.05, 3.63) is 70.9 Å². The Morgan fingerprint density at radius 3 is 2.38 bits per heavy atom. The SMILES string of the molecule is C=C/C=C(\C(Cl)=C/C)C(C)OC(=O)N/C(C=NC)=C(/N)c1ccc(N)cc1.CC. The van der Waals surface area contributed by atoms with Gasteiger partial charge in [-0.15, -0.1) is 0 Å². The molecule has 1 atom stereocenters. The molecule has 7 heteroatoms. The molecule has 0 spiro atoms. The van der Waals surface area contributed by atoms with Crippen molar-refractivity contribution in [3.63, 3.8) is 0 Å². The van der Waals surface area contributed by atoms with Crippen LogP contribution in [0.3, 0.4) is 0 Å². The number of nitrogens with zero attached hydrogens (tertiary/aromatic N) is 1. The summed E-state index contributed by atoms with van der Waals surface area (Å²) in [6, 6.07) is 6.94. The third-order valence-corrected chi connectivity index (χ3v) is 3.99. The number of alkyl carbamates (subject to hydrolysis) is 1. The lowest BCUT2D eigenvalue weighted by atomic mass is 10.1. The fourth-order valence-corrected chi connectivity index (χ4v) is 2.40. The molecule has 1 amide bonds. The van der Waals surface area contributed by atoms with Crippen molar-refractivity contribution >= 4 is 35.3 Å². The maximum atomic E-state index is 12.3. The number of benzene rings is 1. The summed E-state index contributed by atoms with van der Waals surface area (Å²) in [6.45, 7) is 11.1. The Labute approximate surface area is 178 Å². The number of ether oxygens (including phenoxy) is 1. The van der Waals surface area contributed by atoms with E-state index in [4.69, 9.17) is 27.8 Å². The molecular formula is C22H31ClN4O2. The predicted molar refractivity (Wildman–Crippen MR) is 125 cm³/mol. The topological polar surface area (TPSA) is 103 Å². The molecule has 1 aromatic carbocycles. The lowest BCUT2D eigenvalue weighted by Crippen LogP contribution is -2.30. The van der Waals surface area contributed by atoms with Crippen LogP contribution < -0.4 is 16.8 Å². The van der Waals surface area contributed by atoms with E-state index in [1.165, 1.54) is 6.21 Å². The highest BCUT2D eigenvalue weighted by molar-refractivity contribution is 6.32. The summed E-state index contributed by atoms with van der Waals surface area (Å²) >= 11 is 6.16. The Morgan fingerprint density at radius 1 is 1.31 bits per heavy atom. The van der Waals surface area contributed by atoms with Gasteiger partial charge >= 0.3 is 6.09 Å². The highest BCUT2D eigenvalue weighted by Crippen LogP contribution is 2.21. The van der Waals surface area contributed by atoms with E-state index >= 15 is 0 Å². The number of allylic oxidation sites excluding steroid dienone is 4. The zero-order valence-electron chi connectivity index (χ0n) is 17.7. The van der Waals surface area contributed by atoms with E-state index in [9.17, 15) is 4.79 Å². The Morgan fingerprint density at radius 2 is 1.90 bits per heavy atom. The molecule has 5 N–H and O–H groups in total. The second-order valence-electron chi connectivity index (χ2n) is 5.50. The van der Waals surface area contributed by atoms with Gasteiger partial charge in [-0.05, 0) is 31.5 Å². The van der Waals surface area contributed by atoms with E-state index in [1.807, 2.05) is 13.8 Å². The predicted octanol–water partition coefficient (Wildman–Crippen LogP) is 4.99. The molecule has 0 aliphatic rings. The molecule has 158 valence electrons. The van der Waals surface area contributed by atoms with Crippen molar-refractivity contribution in [3.8, 4) is 0 Å². The normalized spacial score (nSPS) is 13.7. The largest absolute Gasteiger partial charge is 0.441 e. The summed E-state index contributed by atoms with van der Waals surface area (Å²) < 4.78 is 5.41. The van der Waals surface area contributed by atoms with Gasteiger partial charge in [0.2, 0.25) is 0 Å². The van der Waals surface area contributed by atoms with Crippen LogP contribution in [0.2, 0.25) is 0 Å². The molecule has 0 saturated carbocycles. The Hall–Kier alpha value is -2.99. The van der Waals surface area contributed by atoms with Gasteiger partial charge in [0, 0.05) is 29.6 Å². The summed E-state index contributed by atoms with van der Waals surface area (Å²) in [6.07, 6.45) is 5.14. The summed E-state index contributed by atoms with van der Waals surface area (Å²) in [5, 5.41) is 3.09. The van der Waals surface area contributed by atoms with Crippen LogP contribution >= 0.6 is 11.6 Å². The zero-order chi connectivity index (χ0) is 22.4. The first-order valence-corrected chi connectivity index (χ1v) is 9.62. The molecule has 1 aromatic rings. The number of nitrogens with two attached hydrogens (primary N) is 2. The van der Waals surface area contributed by atoms with Gasteiger partial charge in [-0.3, -0.25) is 10.3 Å². The average molecular weight is 419 g/mol. The smallest absolute Gasteiger partial charge is 0.412 e. The van der Waals surface area contributed by atoms with Crippen molar-refractivity contribution in [1.82, 2.24) is 5.32 Å². The number of aliphatic imine (C=N–C) groups is 1. The lowest BCUT2D eigenvalue weighted by Gasteiger charge is -2.18. The highest BCUT2D eigenvalue weighted by atomic mass is 35.5. The second-order valence-corrected chi connectivity index (χ2v) is 5.91. The van der Waals surface area contributed by atoms with Crippen molar-refractivity contribution in [1.29, 1.82) is 0 Å². The van der Waals surface area contributed by atoms with E-state index in [-0.39, 0.29) is 0 Å². The van der Waals surface area contributed by atoms with Crippen molar-refractivity contribution in [2.75, 3.05) is 12.8 Å². The second kappa shape index (κ2) is 14.1. The maximum Gasteiger partial charge on any atom is 0.412 e. The van der Waals surface area contributed by atoms with Gasteiger partial charge in [0.15, 0.2) is 0 Å². The number of hydrogen-bond acceptors (Lipinski definition) is 5. The lowest BCUT2D eigenvalue weighted by molar-refractivity contribution is 0.127. The number of rotatable bonds is 7. The van der Waals surface area contributed by atoms with Crippen LogP contribution in [0, 0.1) is 0 Å². The van der Waals surface area contributed by atoms with Crippen molar-refractivity contribution < 1.29 is 9.53 Å². The minimum atomic E-state index is -0.689. The minimum absolute atomic E-state index is 0.311. The van der Waals surface area contributed by atoms with Gasteiger partial charge in [-0.25, -0.2) is 4.79 Å². The molecule has 1 rings (SSSR count). The van der Waals surface area contributed by atoms with Crippen LogP contribution in [0.15, 0.2) is 70.4 Å². The fraction of sp³-hybridized carbons (Fsp3) is 0.273. The molecule has 29 heavy (non-hydrogen) atoms. The van der Waals surface area contributed by atoms with Gasteiger partial charge in [-0.2, -0.15) is 0 Å². The van der Waals surface area contributed by atoms with Crippen LogP contribution in [0.25, 0.3) is 5.70 Å². The minimum Gasteiger partial charge on any atom is -0.441 e. The van der Waals surface area contributed by atoms with Crippen LogP contribution in [0.1, 0.15) is 33.3 Å². The first-order chi connectivity index (χ1) is 13.8. The van der Waals surface area contributed by atoms with Crippen LogP contribution in [-0.2, 0) is 4.74 Å². The molecule has 6 nitrogen and oxygen atoms in total. The summed E-state index contributed by atoms with van der Waals surface area (Å²) in [7, 11) is 1.57. The third-order valence-electron chi connectivity index (χ3n) is 3.56. The number of nitrogen functional groups attached to an aromatic ring is 1. The summed E-state index contributed by atoms with van der Waals surface area (Å²) in [4.78, 5) is 16.3. The monoisotopic (exact) mass is 418 g/mol. The van der Waals surface area contributed by atoms with E-state index in [1.54, 1.807) is 63.4 Å². The van der Waals surface area contributed by atoms with E-state index in [0.29, 0.717) is 33.3 Å². The number of halogens is 1. The van der Waals surface area contributed by atoms with E-state index in [0.717, 1.165) is 0 Å². The van der Waals surface area contributed by atoms with Gasteiger partial charge in [0.05, 0.1) is 11.4 Å². The van der Waals surface area contributed by atoms with Gasteiger partial charge in [0.1, 0.15) is 6.10 Å². The van der Waals surface area contributed by atoms with Crippen LogP contribution in [-0.4, -0.2) is 25.5 Å². The number of amides is 1. The molecule has 0 aliphatic heterocycles. The maximum absolute atomic E-state index is 12.3. The number of carbonyl (C=O) groups is 1. The Balaban J connectivity index is 0.00000379. The van der Waals surface area contributed by atoms with Gasteiger partial charge in [0.25, 0.3) is 0 Å². The quantitative estimate of drug-likeness (QED) is 0.329. The fourth-order valence-electron chi connectivity index (χ4n) is 2.18. The molecule has 1 unspecified atom stereocenters. The molecule has 0 heterocycles. The zero-order valence-corrected chi connectivity index (χ0v) is 18.5. The van der Waals surface area contributed by atoms with Crippen molar-refractivity contribution in [2.45, 2.75) is 33.8 Å².